The smallest absolute Gasteiger partial charge is 0.242 e. The number of halogens is 2. The van der Waals surface area contributed by atoms with E-state index >= 15 is 0 Å². The summed E-state index contributed by atoms with van der Waals surface area (Å²) in [6, 6.07) is 12.3. The molecular weight excluding hydrogens is 411 g/mol. The van der Waals surface area contributed by atoms with Gasteiger partial charge in [-0.05, 0) is 44.5 Å². The van der Waals surface area contributed by atoms with E-state index in [2.05, 4.69) is 5.32 Å². The fourth-order valence-electron chi connectivity index (χ4n) is 2.84. The van der Waals surface area contributed by atoms with Gasteiger partial charge in [-0.25, -0.2) is 0 Å². The van der Waals surface area contributed by atoms with Crippen LogP contribution in [-0.4, -0.2) is 36.4 Å². The Morgan fingerprint density at radius 1 is 1.10 bits per heavy atom. The first-order valence-electron chi connectivity index (χ1n) is 9.47. The third-order valence-corrected chi connectivity index (χ3v) is 5.34. The van der Waals surface area contributed by atoms with Crippen molar-refractivity contribution in [1.29, 1.82) is 0 Å². The molecule has 0 saturated heterocycles. The molecule has 0 aliphatic rings. The van der Waals surface area contributed by atoms with Crippen molar-refractivity contribution in [2.75, 3.05) is 13.7 Å². The summed E-state index contributed by atoms with van der Waals surface area (Å²) in [4.78, 5) is 26.6. The minimum atomic E-state index is -0.655. The number of nitrogens with one attached hydrogen (secondary N) is 1. The molecule has 0 bridgehead atoms. The summed E-state index contributed by atoms with van der Waals surface area (Å²) in [7, 11) is 1.54. The van der Waals surface area contributed by atoms with E-state index in [9.17, 15) is 9.59 Å². The van der Waals surface area contributed by atoms with Gasteiger partial charge in [0.25, 0.3) is 0 Å². The maximum Gasteiger partial charge on any atom is 0.242 e. The first-order chi connectivity index (χ1) is 13.8. The van der Waals surface area contributed by atoms with Gasteiger partial charge < -0.3 is 15.0 Å². The van der Waals surface area contributed by atoms with E-state index in [1.54, 1.807) is 32.2 Å². The Balaban J connectivity index is 2.02. The fraction of sp³-hybridized carbons (Fsp3) is 0.364. The average molecular weight is 437 g/mol. The molecule has 1 atom stereocenters. The lowest BCUT2D eigenvalue weighted by Gasteiger charge is -2.29. The summed E-state index contributed by atoms with van der Waals surface area (Å²) < 4.78 is 5.68. The topological polar surface area (TPSA) is 58.6 Å². The summed E-state index contributed by atoms with van der Waals surface area (Å²) >= 11 is 12.5. The van der Waals surface area contributed by atoms with E-state index in [0.717, 1.165) is 11.3 Å². The van der Waals surface area contributed by atoms with Crippen LogP contribution in [0, 0.1) is 6.92 Å². The summed E-state index contributed by atoms with van der Waals surface area (Å²) in [6.45, 7) is 4.26. The second-order valence-electron chi connectivity index (χ2n) is 6.78. The van der Waals surface area contributed by atoms with Gasteiger partial charge in [0.15, 0.2) is 0 Å². The van der Waals surface area contributed by atoms with E-state index in [-0.39, 0.29) is 24.8 Å². The molecule has 0 aromatic heterocycles. The highest BCUT2D eigenvalue weighted by atomic mass is 35.5. The molecule has 0 radical (unpaired) electrons. The first-order valence-corrected chi connectivity index (χ1v) is 10.2. The average Bonchev–Trinajstić information content (AvgIpc) is 2.71. The number of rotatable bonds is 9. The minimum Gasteiger partial charge on any atom is -0.494 e. The SMILES string of the molecule is CNC(=O)[C@H](C)N(Cc1c(Cl)cccc1Cl)C(=O)CCCOc1ccc(C)cc1. The molecule has 2 amide bonds. The molecule has 1 N–H and O–H groups in total. The molecule has 0 heterocycles. The van der Waals surface area contributed by atoms with Gasteiger partial charge in [-0.3, -0.25) is 9.59 Å². The van der Waals surface area contributed by atoms with Crippen LogP contribution in [0.25, 0.3) is 0 Å². The maximum absolute atomic E-state index is 12.9. The quantitative estimate of drug-likeness (QED) is 0.583. The van der Waals surface area contributed by atoms with Crippen LogP contribution in [-0.2, 0) is 16.1 Å². The van der Waals surface area contributed by atoms with Crippen molar-refractivity contribution in [3.8, 4) is 5.75 Å². The lowest BCUT2D eigenvalue weighted by Crippen LogP contribution is -2.46. The van der Waals surface area contributed by atoms with Crippen molar-refractivity contribution in [3.63, 3.8) is 0 Å². The van der Waals surface area contributed by atoms with Crippen LogP contribution >= 0.6 is 23.2 Å². The van der Waals surface area contributed by atoms with Crippen molar-refractivity contribution in [1.82, 2.24) is 10.2 Å². The number of ether oxygens (including phenoxy) is 1. The van der Waals surface area contributed by atoms with Crippen LogP contribution in [0.15, 0.2) is 42.5 Å². The predicted octanol–water partition coefficient (Wildman–Crippen LogP) is 4.62. The van der Waals surface area contributed by atoms with Crippen LogP contribution in [0.4, 0.5) is 0 Å². The Bertz CT molecular complexity index is 820. The largest absolute Gasteiger partial charge is 0.494 e. The third kappa shape index (κ3) is 6.65. The maximum atomic E-state index is 12.9. The molecule has 7 heteroatoms. The highest BCUT2D eigenvalue weighted by Crippen LogP contribution is 2.27. The number of amides is 2. The summed E-state index contributed by atoms with van der Waals surface area (Å²) in [6.07, 6.45) is 0.773. The Hall–Kier alpha value is -2.24. The zero-order chi connectivity index (χ0) is 21.4. The molecule has 156 valence electrons. The van der Waals surface area contributed by atoms with Gasteiger partial charge in [0.1, 0.15) is 11.8 Å². The first kappa shape index (κ1) is 23.0. The van der Waals surface area contributed by atoms with Gasteiger partial charge in [0, 0.05) is 35.6 Å². The zero-order valence-corrected chi connectivity index (χ0v) is 18.4. The van der Waals surface area contributed by atoms with E-state index in [4.69, 9.17) is 27.9 Å². The Morgan fingerprint density at radius 3 is 2.31 bits per heavy atom. The highest BCUT2D eigenvalue weighted by molar-refractivity contribution is 6.36. The lowest BCUT2D eigenvalue weighted by atomic mass is 10.1. The molecule has 29 heavy (non-hydrogen) atoms. The number of carbonyl (C=O) groups is 2. The van der Waals surface area contributed by atoms with Gasteiger partial charge >= 0.3 is 0 Å². The number of carbonyl (C=O) groups excluding carboxylic acids is 2. The van der Waals surface area contributed by atoms with Crippen molar-refractivity contribution >= 4 is 35.0 Å². The van der Waals surface area contributed by atoms with Crippen molar-refractivity contribution in [2.45, 2.75) is 39.3 Å². The standard InChI is InChI=1S/C22H26Cl2N2O3/c1-15-9-11-17(12-10-15)29-13-5-8-21(27)26(16(2)22(28)25-3)14-18-19(23)6-4-7-20(18)24/h4,6-7,9-12,16H,5,8,13-14H2,1-3H3,(H,25,28)/t16-/m0/s1. The number of benzene rings is 2. The van der Waals surface area contributed by atoms with E-state index < -0.39 is 6.04 Å². The molecule has 0 aliphatic heterocycles. The molecular formula is C22H26Cl2N2O3. The molecule has 0 spiro atoms. The molecule has 0 fully saturated rings. The zero-order valence-electron chi connectivity index (χ0n) is 16.9. The monoisotopic (exact) mass is 436 g/mol. The van der Waals surface area contributed by atoms with Crippen LogP contribution in [0.1, 0.15) is 30.9 Å². The van der Waals surface area contributed by atoms with Crippen LogP contribution in [0.3, 0.4) is 0 Å². The number of hydrogen-bond donors (Lipinski definition) is 1. The van der Waals surface area contributed by atoms with Gasteiger partial charge in [0.2, 0.25) is 11.8 Å². The molecule has 0 unspecified atom stereocenters. The molecule has 0 saturated carbocycles. The second-order valence-corrected chi connectivity index (χ2v) is 7.59. The van der Waals surface area contributed by atoms with Gasteiger partial charge in [-0.1, -0.05) is 47.0 Å². The highest BCUT2D eigenvalue weighted by Gasteiger charge is 2.26. The van der Waals surface area contributed by atoms with Crippen LogP contribution < -0.4 is 10.1 Å². The van der Waals surface area contributed by atoms with E-state index in [1.807, 2.05) is 31.2 Å². The molecule has 5 nitrogen and oxygen atoms in total. The van der Waals surface area contributed by atoms with Crippen molar-refractivity contribution in [2.24, 2.45) is 0 Å². The normalized spacial score (nSPS) is 11.6. The predicted molar refractivity (Wildman–Crippen MR) is 116 cm³/mol. The summed E-state index contributed by atoms with van der Waals surface area (Å²) in [5, 5.41) is 3.51. The fourth-order valence-corrected chi connectivity index (χ4v) is 3.35. The third-order valence-electron chi connectivity index (χ3n) is 4.63. The van der Waals surface area contributed by atoms with Gasteiger partial charge in [0.05, 0.1) is 6.61 Å². The van der Waals surface area contributed by atoms with Crippen LogP contribution in [0.2, 0.25) is 10.0 Å². The number of aryl methyl sites for hydroxylation is 1. The molecule has 2 aromatic rings. The molecule has 2 aromatic carbocycles. The summed E-state index contributed by atoms with van der Waals surface area (Å²) in [5.41, 5.74) is 1.78. The Kier molecular flexibility index (Phi) is 8.80. The van der Waals surface area contributed by atoms with Gasteiger partial charge in [-0.2, -0.15) is 0 Å². The van der Waals surface area contributed by atoms with Crippen LogP contribution in [0.5, 0.6) is 5.75 Å². The van der Waals surface area contributed by atoms with E-state index in [0.29, 0.717) is 28.6 Å². The number of likely N-dealkylation sites (N-methyl/N-ethyl adjacent to an activating group) is 1. The Labute approximate surface area is 181 Å². The van der Waals surface area contributed by atoms with Crippen molar-refractivity contribution < 1.29 is 14.3 Å². The summed E-state index contributed by atoms with van der Waals surface area (Å²) in [5.74, 6) is 0.350. The Morgan fingerprint density at radius 2 is 1.72 bits per heavy atom. The minimum absolute atomic E-state index is 0.157. The lowest BCUT2D eigenvalue weighted by molar-refractivity contribution is -0.140. The van der Waals surface area contributed by atoms with Gasteiger partial charge in [-0.15, -0.1) is 0 Å². The molecule has 0 aliphatic carbocycles. The van der Waals surface area contributed by atoms with Crippen molar-refractivity contribution in [3.05, 3.63) is 63.6 Å². The van der Waals surface area contributed by atoms with E-state index in [1.165, 1.54) is 4.90 Å². The number of hydrogen-bond acceptors (Lipinski definition) is 3. The molecule has 2 rings (SSSR count). The number of nitrogens with zero attached hydrogens (tertiary/aromatic N) is 1. The second kappa shape index (κ2) is 11.1.